The summed E-state index contributed by atoms with van der Waals surface area (Å²) in [7, 11) is 1.66. The first-order valence-corrected chi connectivity index (χ1v) is 10.5. The Kier molecular flexibility index (Phi) is 9.54. The Labute approximate surface area is 179 Å². The van der Waals surface area contributed by atoms with E-state index in [1.54, 1.807) is 7.11 Å². The molecule has 0 aliphatic carbocycles. The second-order valence-corrected chi connectivity index (χ2v) is 7.32. The van der Waals surface area contributed by atoms with Crippen molar-refractivity contribution in [3.63, 3.8) is 0 Å². The van der Waals surface area contributed by atoms with E-state index in [1.807, 2.05) is 66.7 Å². The van der Waals surface area contributed by atoms with E-state index in [4.69, 9.17) is 23.7 Å². The van der Waals surface area contributed by atoms with Crippen LogP contribution in [0.4, 0.5) is 0 Å². The van der Waals surface area contributed by atoms with Crippen LogP contribution in [-0.4, -0.2) is 44.9 Å². The highest BCUT2D eigenvalue weighted by Crippen LogP contribution is 2.29. The van der Waals surface area contributed by atoms with Crippen LogP contribution >= 0.6 is 0 Å². The van der Waals surface area contributed by atoms with Gasteiger partial charge in [0.1, 0.15) is 18.3 Å². The second-order valence-electron chi connectivity index (χ2n) is 7.32. The summed E-state index contributed by atoms with van der Waals surface area (Å²) in [5.41, 5.74) is 2.20. The third kappa shape index (κ3) is 6.76. The summed E-state index contributed by atoms with van der Waals surface area (Å²) in [5.74, 6) is 0. The van der Waals surface area contributed by atoms with Gasteiger partial charge in [0.25, 0.3) is 0 Å². The van der Waals surface area contributed by atoms with Gasteiger partial charge in [-0.3, -0.25) is 0 Å². The van der Waals surface area contributed by atoms with E-state index in [0.29, 0.717) is 26.4 Å². The van der Waals surface area contributed by atoms with Crippen LogP contribution < -0.4 is 0 Å². The van der Waals surface area contributed by atoms with Crippen LogP contribution in [0.15, 0.2) is 73.3 Å². The maximum Gasteiger partial charge on any atom is 0.186 e. The molecule has 1 aliphatic heterocycles. The minimum Gasteiger partial charge on any atom is -0.382 e. The monoisotopic (exact) mass is 412 g/mol. The molecule has 5 nitrogen and oxygen atoms in total. The smallest absolute Gasteiger partial charge is 0.186 e. The standard InChI is InChI=1S/C25H32O5/c1-3-4-11-16-27-25-24(29-18-21-14-9-6-10-15-21)23(22(30-25)19-26-2)28-17-20-12-7-5-8-13-20/h3,5-10,12-15,22-25H,1,4,11,16-19H2,2H3. The number of unbranched alkanes of at least 4 members (excludes halogenated alkanes) is 1. The zero-order valence-electron chi connectivity index (χ0n) is 17.7. The summed E-state index contributed by atoms with van der Waals surface area (Å²) in [6.45, 7) is 5.69. The summed E-state index contributed by atoms with van der Waals surface area (Å²) >= 11 is 0. The third-order valence-electron chi connectivity index (χ3n) is 5.00. The van der Waals surface area contributed by atoms with Crippen molar-refractivity contribution in [2.75, 3.05) is 20.3 Å². The highest BCUT2D eigenvalue weighted by atomic mass is 16.7. The molecule has 5 heteroatoms. The number of benzene rings is 2. The van der Waals surface area contributed by atoms with Gasteiger partial charge in [-0.15, -0.1) is 6.58 Å². The lowest BCUT2D eigenvalue weighted by atomic mass is 10.1. The zero-order valence-corrected chi connectivity index (χ0v) is 17.7. The normalized spacial score (nSPS) is 23.5. The topological polar surface area (TPSA) is 46.2 Å². The molecule has 1 aliphatic rings. The summed E-state index contributed by atoms with van der Waals surface area (Å²) in [6, 6.07) is 20.2. The number of rotatable bonds is 13. The summed E-state index contributed by atoms with van der Waals surface area (Å²) in [6.07, 6.45) is 2.28. The molecule has 0 bridgehead atoms. The molecule has 0 aromatic heterocycles. The van der Waals surface area contributed by atoms with Crippen molar-refractivity contribution < 1.29 is 23.7 Å². The summed E-state index contributed by atoms with van der Waals surface area (Å²) < 4.78 is 30.1. The van der Waals surface area contributed by atoms with Crippen LogP contribution in [0.25, 0.3) is 0 Å². The Morgan fingerprint density at radius 1 is 0.867 bits per heavy atom. The van der Waals surface area contributed by atoms with Crippen molar-refractivity contribution in [3.8, 4) is 0 Å². The molecule has 162 valence electrons. The maximum atomic E-state index is 6.29. The predicted molar refractivity (Wildman–Crippen MR) is 116 cm³/mol. The molecule has 1 heterocycles. The molecule has 0 saturated carbocycles. The van der Waals surface area contributed by atoms with Gasteiger partial charge >= 0.3 is 0 Å². The quantitative estimate of drug-likeness (QED) is 0.358. The lowest BCUT2D eigenvalue weighted by Gasteiger charge is -2.25. The molecule has 2 aromatic rings. The van der Waals surface area contributed by atoms with Crippen molar-refractivity contribution in [1.29, 1.82) is 0 Å². The van der Waals surface area contributed by atoms with Crippen LogP contribution in [0.5, 0.6) is 0 Å². The van der Waals surface area contributed by atoms with E-state index in [2.05, 4.69) is 6.58 Å². The minimum atomic E-state index is -0.501. The average molecular weight is 413 g/mol. The molecule has 3 rings (SSSR count). The lowest BCUT2D eigenvalue weighted by molar-refractivity contribution is -0.184. The zero-order chi connectivity index (χ0) is 21.0. The van der Waals surface area contributed by atoms with Crippen LogP contribution in [0.2, 0.25) is 0 Å². The molecule has 0 N–H and O–H groups in total. The molecule has 2 aromatic carbocycles. The molecular formula is C25H32O5. The fourth-order valence-corrected chi connectivity index (χ4v) is 3.46. The molecule has 4 unspecified atom stereocenters. The maximum absolute atomic E-state index is 6.29. The van der Waals surface area contributed by atoms with Crippen LogP contribution in [0, 0.1) is 0 Å². The number of allylic oxidation sites excluding steroid dienone is 1. The van der Waals surface area contributed by atoms with E-state index < -0.39 is 6.29 Å². The van der Waals surface area contributed by atoms with Crippen molar-refractivity contribution >= 4 is 0 Å². The van der Waals surface area contributed by atoms with Crippen LogP contribution in [0.1, 0.15) is 24.0 Å². The van der Waals surface area contributed by atoms with Crippen LogP contribution in [-0.2, 0) is 36.9 Å². The Bertz CT molecular complexity index is 721. The Balaban J connectivity index is 1.69. The van der Waals surface area contributed by atoms with E-state index in [-0.39, 0.29) is 18.3 Å². The number of hydrogen-bond donors (Lipinski definition) is 0. The van der Waals surface area contributed by atoms with Gasteiger partial charge in [-0.1, -0.05) is 66.7 Å². The lowest BCUT2D eigenvalue weighted by Crippen LogP contribution is -2.39. The molecular weight excluding hydrogens is 380 g/mol. The van der Waals surface area contributed by atoms with Gasteiger partial charge in [0.2, 0.25) is 0 Å². The van der Waals surface area contributed by atoms with Gasteiger partial charge in [0, 0.05) is 7.11 Å². The van der Waals surface area contributed by atoms with Crippen LogP contribution in [0.3, 0.4) is 0 Å². The van der Waals surface area contributed by atoms with Crippen molar-refractivity contribution in [1.82, 2.24) is 0 Å². The molecule has 1 saturated heterocycles. The second kappa shape index (κ2) is 12.6. The van der Waals surface area contributed by atoms with Gasteiger partial charge in [0.05, 0.1) is 26.4 Å². The van der Waals surface area contributed by atoms with Gasteiger partial charge in [-0.25, -0.2) is 0 Å². The summed E-state index contributed by atoms with van der Waals surface area (Å²) in [4.78, 5) is 0. The van der Waals surface area contributed by atoms with Gasteiger partial charge < -0.3 is 23.7 Å². The van der Waals surface area contributed by atoms with E-state index in [9.17, 15) is 0 Å². The average Bonchev–Trinajstić information content (AvgIpc) is 3.11. The molecule has 30 heavy (non-hydrogen) atoms. The molecule has 0 radical (unpaired) electrons. The highest BCUT2D eigenvalue weighted by molar-refractivity contribution is 5.14. The molecule has 0 amide bonds. The van der Waals surface area contributed by atoms with Gasteiger partial charge in [0.15, 0.2) is 6.29 Å². The Morgan fingerprint density at radius 2 is 1.47 bits per heavy atom. The van der Waals surface area contributed by atoms with E-state index in [1.165, 1.54) is 0 Å². The van der Waals surface area contributed by atoms with Gasteiger partial charge in [-0.05, 0) is 24.0 Å². The predicted octanol–water partition coefficient (Wildman–Crippen LogP) is 4.51. The third-order valence-corrected chi connectivity index (χ3v) is 5.00. The Hall–Kier alpha value is -2.02. The number of methoxy groups -OCH3 is 1. The van der Waals surface area contributed by atoms with E-state index >= 15 is 0 Å². The minimum absolute atomic E-state index is 0.260. The Morgan fingerprint density at radius 3 is 2.03 bits per heavy atom. The first-order valence-electron chi connectivity index (χ1n) is 10.5. The highest BCUT2D eigenvalue weighted by Gasteiger charge is 2.47. The first-order chi connectivity index (χ1) is 14.8. The fraction of sp³-hybridized carbons (Fsp3) is 0.440. The first kappa shape index (κ1) is 22.7. The summed E-state index contributed by atoms with van der Waals surface area (Å²) in [5, 5.41) is 0. The molecule has 0 spiro atoms. The number of hydrogen-bond acceptors (Lipinski definition) is 5. The SMILES string of the molecule is C=CCCCOC1OC(COC)C(OCc2ccccc2)C1OCc1ccccc1. The van der Waals surface area contributed by atoms with Crippen molar-refractivity contribution in [3.05, 3.63) is 84.4 Å². The largest absolute Gasteiger partial charge is 0.382 e. The molecule has 1 fully saturated rings. The van der Waals surface area contributed by atoms with Crippen molar-refractivity contribution in [2.45, 2.75) is 50.7 Å². The van der Waals surface area contributed by atoms with Gasteiger partial charge in [-0.2, -0.15) is 0 Å². The van der Waals surface area contributed by atoms with Crippen molar-refractivity contribution in [2.24, 2.45) is 0 Å². The molecule has 4 atom stereocenters. The van der Waals surface area contributed by atoms with E-state index in [0.717, 1.165) is 24.0 Å². The fourth-order valence-electron chi connectivity index (χ4n) is 3.46. The number of ether oxygens (including phenoxy) is 5.